The molecule has 1 saturated heterocycles. The molecule has 88 valence electrons. The van der Waals surface area contributed by atoms with Crippen molar-refractivity contribution in [1.82, 2.24) is 9.97 Å². The number of ether oxygens (including phenoxy) is 1. The lowest BCUT2D eigenvalue weighted by Gasteiger charge is -2.27. The van der Waals surface area contributed by atoms with Crippen LogP contribution in [0.2, 0.25) is 0 Å². The number of morpholine rings is 1. The molecule has 5 heteroatoms. The van der Waals surface area contributed by atoms with Gasteiger partial charge in [-0.15, -0.1) is 0 Å². The lowest BCUT2D eigenvalue weighted by atomic mass is 10.3. The SMILES string of the molecule is Brc1ccc2nc(N3CCOCC3)cnc2c1. The van der Waals surface area contributed by atoms with Crippen LogP contribution in [0, 0.1) is 0 Å². The second-order valence-electron chi connectivity index (χ2n) is 3.96. The van der Waals surface area contributed by atoms with Crippen molar-refractivity contribution in [2.24, 2.45) is 0 Å². The molecule has 0 bridgehead atoms. The van der Waals surface area contributed by atoms with Gasteiger partial charge >= 0.3 is 0 Å². The van der Waals surface area contributed by atoms with Crippen molar-refractivity contribution in [3.63, 3.8) is 0 Å². The largest absolute Gasteiger partial charge is 0.378 e. The molecule has 1 fully saturated rings. The van der Waals surface area contributed by atoms with Gasteiger partial charge in [-0.25, -0.2) is 4.98 Å². The topological polar surface area (TPSA) is 38.2 Å². The Bertz CT molecular complexity index is 540. The zero-order chi connectivity index (χ0) is 11.7. The molecular weight excluding hydrogens is 282 g/mol. The molecule has 0 aliphatic carbocycles. The summed E-state index contributed by atoms with van der Waals surface area (Å²) >= 11 is 3.43. The fourth-order valence-corrected chi connectivity index (χ4v) is 2.27. The Hall–Kier alpha value is -1.20. The predicted octanol–water partition coefficient (Wildman–Crippen LogP) is 2.23. The molecule has 0 spiro atoms. The molecule has 0 atom stereocenters. The normalized spacial score (nSPS) is 16.4. The van der Waals surface area contributed by atoms with Gasteiger partial charge < -0.3 is 9.64 Å². The molecule has 2 aromatic rings. The van der Waals surface area contributed by atoms with Gasteiger partial charge in [-0.3, -0.25) is 4.98 Å². The summed E-state index contributed by atoms with van der Waals surface area (Å²) < 4.78 is 6.35. The summed E-state index contributed by atoms with van der Waals surface area (Å²) in [6, 6.07) is 5.95. The molecule has 0 saturated carbocycles. The summed E-state index contributed by atoms with van der Waals surface area (Å²) in [5, 5.41) is 0. The maximum absolute atomic E-state index is 5.33. The lowest BCUT2D eigenvalue weighted by molar-refractivity contribution is 0.122. The summed E-state index contributed by atoms with van der Waals surface area (Å²) in [7, 11) is 0. The van der Waals surface area contributed by atoms with Gasteiger partial charge in [-0.2, -0.15) is 0 Å². The molecule has 17 heavy (non-hydrogen) atoms. The van der Waals surface area contributed by atoms with E-state index in [-0.39, 0.29) is 0 Å². The molecule has 0 amide bonds. The van der Waals surface area contributed by atoms with Gasteiger partial charge in [0.2, 0.25) is 0 Å². The summed E-state index contributed by atoms with van der Waals surface area (Å²) in [5.74, 6) is 0.933. The van der Waals surface area contributed by atoms with Crippen LogP contribution in [0.4, 0.5) is 5.82 Å². The van der Waals surface area contributed by atoms with Crippen LogP contribution in [0.3, 0.4) is 0 Å². The van der Waals surface area contributed by atoms with Crippen molar-refractivity contribution in [2.75, 3.05) is 31.2 Å². The number of anilines is 1. The minimum absolute atomic E-state index is 0.764. The highest BCUT2D eigenvalue weighted by Gasteiger charge is 2.13. The van der Waals surface area contributed by atoms with Gasteiger partial charge in [-0.1, -0.05) is 15.9 Å². The van der Waals surface area contributed by atoms with Crippen molar-refractivity contribution in [2.45, 2.75) is 0 Å². The molecule has 2 heterocycles. The van der Waals surface area contributed by atoms with Crippen LogP contribution in [0.15, 0.2) is 28.9 Å². The molecule has 4 nitrogen and oxygen atoms in total. The van der Waals surface area contributed by atoms with E-state index in [1.807, 2.05) is 24.4 Å². The molecule has 0 N–H and O–H groups in total. The Morgan fingerprint density at radius 3 is 2.82 bits per heavy atom. The van der Waals surface area contributed by atoms with Crippen molar-refractivity contribution >= 4 is 32.8 Å². The van der Waals surface area contributed by atoms with E-state index in [4.69, 9.17) is 4.74 Å². The van der Waals surface area contributed by atoms with Gasteiger partial charge in [0.25, 0.3) is 0 Å². The van der Waals surface area contributed by atoms with Crippen molar-refractivity contribution in [3.8, 4) is 0 Å². The average molecular weight is 294 g/mol. The summed E-state index contributed by atoms with van der Waals surface area (Å²) in [4.78, 5) is 11.3. The van der Waals surface area contributed by atoms with Gasteiger partial charge in [-0.05, 0) is 18.2 Å². The van der Waals surface area contributed by atoms with E-state index in [0.717, 1.165) is 47.6 Å². The molecular formula is C12H12BrN3O. The Kier molecular flexibility index (Phi) is 2.94. The summed E-state index contributed by atoms with van der Waals surface area (Å²) in [5.41, 5.74) is 1.84. The van der Waals surface area contributed by atoms with Gasteiger partial charge in [0.15, 0.2) is 0 Å². The highest BCUT2D eigenvalue weighted by molar-refractivity contribution is 9.10. The fraction of sp³-hybridized carbons (Fsp3) is 0.333. The van der Waals surface area contributed by atoms with Gasteiger partial charge in [0.1, 0.15) is 5.82 Å². The molecule has 1 aromatic heterocycles. The van der Waals surface area contributed by atoms with E-state index >= 15 is 0 Å². The van der Waals surface area contributed by atoms with E-state index in [2.05, 4.69) is 30.8 Å². The number of hydrogen-bond donors (Lipinski definition) is 0. The Balaban J connectivity index is 1.98. The smallest absolute Gasteiger partial charge is 0.148 e. The standard InChI is InChI=1S/C12H12BrN3O/c13-9-1-2-10-11(7-9)14-8-12(15-10)16-3-5-17-6-4-16/h1-2,7-8H,3-6H2. The Labute approximate surface area is 108 Å². The van der Waals surface area contributed by atoms with Crippen molar-refractivity contribution in [1.29, 1.82) is 0 Å². The minimum atomic E-state index is 0.764. The van der Waals surface area contributed by atoms with Crippen molar-refractivity contribution in [3.05, 3.63) is 28.9 Å². The van der Waals surface area contributed by atoms with Crippen LogP contribution in [0.25, 0.3) is 11.0 Å². The number of benzene rings is 1. The zero-order valence-electron chi connectivity index (χ0n) is 9.27. The van der Waals surface area contributed by atoms with Gasteiger partial charge in [0, 0.05) is 17.6 Å². The summed E-state index contributed by atoms with van der Waals surface area (Å²) in [6.45, 7) is 3.30. The van der Waals surface area contributed by atoms with Crippen molar-refractivity contribution < 1.29 is 4.74 Å². The number of fused-ring (bicyclic) bond motifs is 1. The predicted molar refractivity (Wildman–Crippen MR) is 70.3 cm³/mol. The average Bonchev–Trinajstić information content (AvgIpc) is 2.39. The minimum Gasteiger partial charge on any atom is -0.378 e. The third-order valence-corrected chi connectivity index (χ3v) is 3.32. The van der Waals surface area contributed by atoms with E-state index in [1.165, 1.54) is 0 Å². The van der Waals surface area contributed by atoms with Crippen LogP contribution in [-0.2, 0) is 4.74 Å². The van der Waals surface area contributed by atoms with E-state index in [1.54, 1.807) is 0 Å². The first-order valence-corrected chi connectivity index (χ1v) is 6.37. The number of nitrogens with zero attached hydrogens (tertiary/aromatic N) is 3. The Morgan fingerprint density at radius 1 is 1.18 bits per heavy atom. The van der Waals surface area contributed by atoms with Crippen LogP contribution in [0.5, 0.6) is 0 Å². The third-order valence-electron chi connectivity index (χ3n) is 2.83. The van der Waals surface area contributed by atoms with Crippen LogP contribution < -0.4 is 4.90 Å². The first-order chi connectivity index (χ1) is 8.33. The maximum atomic E-state index is 5.33. The molecule has 0 radical (unpaired) electrons. The molecule has 3 rings (SSSR count). The second-order valence-corrected chi connectivity index (χ2v) is 4.88. The first kappa shape index (κ1) is 10.9. The monoisotopic (exact) mass is 293 g/mol. The quantitative estimate of drug-likeness (QED) is 0.808. The van der Waals surface area contributed by atoms with Crippen LogP contribution >= 0.6 is 15.9 Å². The second kappa shape index (κ2) is 4.58. The van der Waals surface area contributed by atoms with Gasteiger partial charge in [0.05, 0.1) is 30.4 Å². The third kappa shape index (κ3) is 2.25. The molecule has 1 aliphatic rings. The molecule has 1 aliphatic heterocycles. The number of aromatic nitrogens is 2. The zero-order valence-corrected chi connectivity index (χ0v) is 10.9. The summed E-state index contributed by atoms with van der Waals surface area (Å²) in [6.07, 6.45) is 1.83. The fourth-order valence-electron chi connectivity index (χ4n) is 1.92. The number of hydrogen-bond acceptors (Lipinski definition) is 4. The van der Waals surface area contributed by atoms with E-state index in [0.29, 0.717) is 0 Å². The first-order valence-electron chi connectivity index (χ1n) is 5.58. The number of halogens is 1. The number of rotatable bonds is 1. The van der Waals surface area contributed by atoms with E-state index in [9.17, 15) is 0 Å². The Morgan fingerprint density at radius 2 is 2.00 bits per heavy atom. The van der Waals surface area contributed by atoms with Crippen LogP contribution in [-0.4, -0.2) is 36.3 Å². The van der Waals surface area contributed by atoms with Crippen LogP contribution in [0.1, 0.15) is 0 Å². The highest BCUT2D eigenvalue weighted by atomic mass is 79.9. The maximum Gasteiger partial charge on any atom is 0.148 e. The molecule has 1 aromatic carbocycles. The highest BCUT2D eigenvalue weighted by Crippen LogP contribution is 2.19. The lowest BCUT2D eigenvalue weighted by Crippen LogP contribution is -2.36. The van der Waals surface area contributed by atoms with E-state index < -0.39 is 0 Å². The molecule has 0 unspecified atom stereocenters.